The Hall–Kier alpha value is -1.51. The first-order chi connectivity index (χ1) is 7.34. The summed E-state index contributed by atoms with van der Waals surface area (Å²) >= 11 is 0. The average Bonchev–Trinajstić information content (AvgIpc) is 2.15. The van der Waals surface area contributed by atoms with Gasteiger partial charge < -0.3 is 0 Å². The number of rotatable bonds is 3. The number of hydrogen-bond donors (Lipinski definition) is 0. The number of nitrogens with zero attached hydrogens (tertiary/aromatic N) is 1. The highest BCUT2D eigenvalue weighted by atomic mass is 19.1. The van der Waals surface area contributed by atoms with Gasteiger partial charge in [-0.15, -0.1) is 0 Å². The van der Waals surface area contributed by atoms with E-state index in [1.54, 1.807) is 7.05 Å². The molecule has 1 aromatic carbocycles. The van der Waals surface area contributed by atoms with Crippen LogP contribution in [0.4, 0.5) is 8.78 Å². The maximum atomic E-state index is 13.7. The first kappa shape index (κ1) is 12.6. The van der Waals surface area contributed by atoms with Gasteiger partial charge in [0.1, 0.15) is 25.4 Å². The number of halogens is 2. The summed E-state index contributed by atoms with van der Waals surface area (Å²) in [5.74, 6) is -1.13. The van der Waals surface area contributed by atoms with Gasteiger partial charge in [-0.2, -0.15) is 0 Å². The van der Waals surface area contributed by atoms with Gasteiger partial charge >= 0.3 is 0 Å². The fourth-order valence-electron chi connectivity index (χ4n) is 1.54. The SMILES string of the molecule is C=C(c1c(F)cc(F)cc1C(C)C)[N+](=C)C. The molecule has 0 fully saturated rings. The molecule has 0 aliphatic heterocycles. The molecule has 0 atom stereocenters. The summed E-state index contributed by atoms with van der Waals surface area (Å²) in [7, 11) is 1.68. The summed E-state index contributed by atoms with van der Waals surface area (Å²) in [6.45, 7) is 11.2. The van der Waals surface area contributed by atoms with Crippen LogP contribution in [0.15, 0.2) is 18.7 Å². The highest BCUT2D eigenvalue weighted by Gasteiger charge is 2.20. The maximum Gasteiger partial charge on any atom is 0.207 e. The second-order valence-electron chi connectivity index (χ2n) is 4.15. The molecule has 0 amide bonds. The van der Waals surface area contributed by atoms with Crippen molar-refractivity contribution in [2.45, 2.75) is 19.8 Å². The molecule has 0 unspecified atom stereocenters. The van der Waals surface area contributed by atoms with Crippen LogP contribution < -0.4 is 0 Å². The average molecular weight is 224 g/mol. The van der Waals surface area contributed by atoms with Gasteiger partial charge in [-0.3, -0.25) is 0 Å². The Labute approximate surface area is 94.7 Å². The predicted molar refractivity (Wildman–Crippen MR) is 62.8 cm³/mol. The van der Waals surface area contributed by atoms with E-state index < -0.39 is 11.6 Å². The van der Waals surface area contributed by atoms with E-state index >= 15 is 0 Å². The Morgan fingerprint density at radius 1 is 1.31 bits per heavy atom. The van der Waals surface area contributed by atoms with E-state index in [2.05, 4.69) is 13.3 Å². The van der Waals surface area contributed by atoms with Crippen molar-refractivity contribution in [3.63, 3.8) is 0 Å². The summed E-state index contributed by atoms with van der Waals surface area (Å²) in [5.41, 5.74) is 1.40. The highest BCUT2D eigenvalue weighted by Crippen LogP contribution is 2.28. The highest BCUT2D eigenvalue weighted by molar-refractivity contribution is 5.62. The van der Waals surface area contributed by atoms with Gasteiger partial charge in [-0.1, -0.05) is 13.8 Å². The van der Waals surface area contributed by atoms with E-state index in [0.29, 0.717) is 16.8 Å². The van der Waals surface area contributed by atoms with Gasteiger partial charge in [0.25, 0.3) is 0 Å². The summed E-state index contributed by atoms with van der Waals surface area (Å²) < 4.78 is 28.3. The zero-order valence-electron chi connectivity index (χ0n) is 9.85. The predicted octanol–water partition coefficient (Wildman–Crippen LogP) is 3.40. The summed E-state index contributed by atoms with van der Waals surface area (Å²) in [5, 5.41) is 0. The van der Waals surface area contributed by atoms with Crippen LogP contribution in [0.25, 0.3) is 5.70 Å². The molecule has 0 N–H and O–H groups in total. The Balaban J connectivity index is 3.47. The molecule has 0 radical (unpaired) electrons. The molecule has 0 aliphatic rings. The van der Waals surface area contributed by atoms with Gasteiger partial charge in [-0.05, 0) is 24.1 Å². The first-order valence-corrected chi connectivity index (χ1v) is 5.07. The van der Waals surface area contributed by atoms with Crippen molar-refractivity contribution in [3.8, 4) is 0 Å². The van der Waals surface area contributed by atoms with Crippen molar-refractivity contribution >= 4 is 12.4 Å². The van der Waals surface area contributed by atoms with Crippen LogP contribution in [-0.2, 0) is 0 Å². The van der Waals surface area contributed by atoms with E-state index in [0.717, 1.165) is 6.07 Å². The van der Waals surface area contributed by atoms with Crippen LogP contribution >= 0.6 is 0 Å². The van der Waals surface area contributed by atoms with Crippen LogP contribution in [-0.4, -0.2) is 18.3 Å². The van der Waals surface area contributed by atoms with Crippen LogP contribution in [0, 0.1) is 11.6 Å². The zero-order valence-corrected chi connectivity index (χ0v) is 9.85. The molecule has 0 bridgehead atoms. The monoisotopic (exact) mass is 224 g/mol. The van der Waals surface area contributed by atoms with Crippen molar-refractivity contribution in [1.29, 1.82) is 0 Å². The normalized spacial score (nSPS) is 10.6. The van der Waals surface area contributed by atoms with E-state index in [4.69, 9.17) is 0 Å². The smallest absolute Gasteiger partial charge is 0.207 e. The first-order valence-electron chi connectivity index (χ1n) is 5.07. The summed E-state index contributed by atoms with van der Waals surface area (Å²) in [4.78, 5) is 0. The summed E-state index contributed by atoms with van der Waals surface area (Å²) in [6.07, 6.45) is 0. The summed E-state index contributed by atoms with van der Waals surface area (Å²) in [6, 6.07) is 2.22. The van der Waals surface area contributed by atoms with E-state index in [9.17, 15) is 8.78 Å². The van der Waals surface area contributed by atoms with Crippen LogP contribution in [0.5, 0.6) is 0 Å². The third-order valence-electron chi connectivity index (χ3n) is 2.46. The molecule has 0 spiro atoms. The van der Waals surface area contributed by atoms with Gasteiger partial charge in [0.05, 0.1) is 5.56 Å². The Bertz CT molecular complexity index is 447. The minimum absolute atomic E-state index is 0.0249. The second-order valence-corrected chi connectivity index (χ2v) is 4.15. The molecule has 0 aliphatic carbocycles. The molecule has 0 aromatic heterocycles. The van der Waals surface area contributed by atoms with E-state index in [1.165, 1.54) is 10.6 Å². The molecule has 0 heterocycles. The minimum Gasteiger partial charge on any atom is -0.208 e. The quantitative estimate of drug-likeness (QED) is 0.547. The Morgan fingerprint density at radius 2 is 1.88 bits per heavy atom. The van der Waals surface area contributed by atoms with Crippen LogP contribution in [0.1, 0.15) is 30.9 Å². The fraction of sp³-hybridized carbons (Fsp3) is 0.308. The van der Waals surface area contributed by atoms with Crippen LogP contribution in [0.3, 0.4) is 0 Å². The topological polar surface area (TPSA) is 3.01 Å². The lowest BCUT2D eigenvalue weighted by Crippen LogP contribution is -2.07. The van der Waals surface area contributed by atoms with Crippen LogP contribution in [0.2, 0.25) is 0 Å². The van der Waals surface area contributed by atoms with Crippen molar-refractivity contribution < 1.29 is 13.4 Å². The molecule has 16 heavy (non-hydrogen) atoms. The van der Waals surface area contributed by atoms with E-state index in [-0.39, 0.29) is 5.92 Å². The van der Waals surface area contributed by atoms with Gasteiger partial charge in [0, 0.05) is 6.07 Å². The number of benzene rings is 1. The Kier molecular flexibility index (Phi) is 3.58. The van der Waals surface area contributed by atoms with Crippen molar-refractivity contribution in [3.05, 3.63) is 41.5 Å². The van der Waals surface area contributed by atoms with Gasteiger partial charge in [0.15, 0.2) is 0 Å². The number of hydrogen-bond acceptors (Lipinski definition) is 0. The van der Waals surface area contributed by atoms with Crippen molar-refractivity contribution in [2.75, 3.05) is 7.05 Å². The molecule has 86 valence electrons. The van der Waals surface area contributed by atoms with Crippen molar-refractivity contribution in [1.82, 2.24) is 0 Å². The standard InChI is InChI=1S/C13H16F2N/c1-8(2)11-6-10(14)7-12(15)13(11)9(3)16(4)5/h6-8H,3-4H2,1-2,5H3/q+1. The van der Waals surface area contributed by atoms with E-state index in [1.807, 2.05) is 13.8 Å². The molecule has 1 aromatic rings. The Morgan fingerprint density at radius 3 is 2.31 bits per heavy atom. The minimum atomic E-state index is -0.593. The molecule has 1 nitrogen and oxygen atoms in total. The lowest BCUT2D eigenvalue weighted by molar-refractivity contribution is -0.385. The molecular formula is C13H16F2N+. The molecular weight excluding hydrogens is 208 g/mol. The molecule has 0 saturated heterocycles. The lowest BCUT2D eigenvalue weighted by atomic mass is 9.95. The van der Waals surface area contributed by atoms with Crippen molar-refractivity contribution in [2.24, 2.45) is 0 Å². The molecule has 0 saturated carbocycles. The molecule has 1 rings (SSSR count). The third kappa shape index (κ3) is 2.35. The zero-order chi connectivity index (χ0) is 12.5. The molecule has 3 heteroatoms. The lowest BCUT2D eigenvalue weighted by Gasteiger charge is -2.12. The fourth-order valence-corrected chi connectivity index (χ4v) is 1.54. The van der Waals surface area contributed by atoms with Gasteiger partial charge in [0.2, 0.25) is 5.70 Å². The van der Waals surface area contributed by atoms with Gasteiger partial charge in [-0.25, -0.2) is 13.4 Å². The second kappa shape index (κ2) is 4.56. The maximum absolute atomic E-state index is 13.7. The third-order valence-corrected chi connectivity index (χ3v) is 2.46. The largest absolute Gasteiger partial charge is 0.208 e.